The summed E-state index contributed by atoms with van der Waals surface area (Å²) in [6.07, 6.45) is 1.83. The maximum atomic E-state index is 14.3. The molecular weight excluding hydrogens is 477 g/mol. The van der Waals surface area contributed by atoms with Gasteiger partial charge in [-0.2, -0.15) is 0 Å². The zero-order valence-electron chi connectivity index (χ0n) is 17.6. The van der Waals surface area contributed by atoms with Crippen molar-refractivity contribution in [3.8, 4) is 5.69 Å². The minimum Gasteiger partial charge on any atom is -0.315 e. The molecular formula is C24H21BrFN3OS. The van der Waals surface area contributed by atoms with Crippen molar-refractivity contribution < 1.29 is 9.18 Å². The van der Waals surface area contributed by atoms with E-state index in [0.717, 1.165) is 38.2 Å². The molecule has 1 N–H and O–H groups in total. The van der Waals surface area contributed by atoms with Crippen molar-refractivity contribution in [2.45, 2.75) is 27.7 Å². The summed E-state index contributed by atoms with van der Waals surface area (Å²) in [6.45, 7) is 7.87. The van der Waals surface area contributed by atoms with Crippen LogP contribution in [-0.4, -0.2) is 15.6 Å². The Morgan fingerprint density at radius 1 is 1.10 bits per heavy atom. The van der Waals surface area contributed by atoms with Gasteiger partial charge < -0.3 is 9.88 Å². The number of amidine groups is 1. The average Bonchev–Trinajstić information content (AvgIpc) is 3.19. The zero-order chi connectivity index (χ0) is 22.3. The van der Waals surface area contributed by atoms with E-state index in [-0.39, 0.29) is 11.7 Å². The Kier molecular flexibility index (Phi) is 5.90. The molecule has 0 unspecified atom stereocenters. The van der Waals surface area contributed by atoms with E-state index in [4.69, 9.17) is 0 Å². The van der Waals surface area contributed by atoms with Crippen LogP contribution in [0.1, 0.15) is 28.1 Å². The molecule has 0 bridgehead atoms. The number of para-hydroxylation sites is 1. The average molecular weight is 498 g/mol. The molecule has 1 amide bonds. The van der Waals surface area contributed by atoms with Gasteiger partial charge in [0.25, 0.3) is 5.91 Å². The molecule has 2 heterocycles. The molecule has 2 aromatic carbocycles. The van der Waals surface area contributed by atoms with Crippen molar-refractivity contribution in [3.63, 3.8) is 0 Å². The van der Waals surface area contributed by atoms with Crippen LogP contribution in [-0.2, 0) is 4.79 Å². The number of nitrogens with zero attached hydrogens (tertiary/aromatic N) is 2. The highest BCUT2D eigenvalue weighted by atomic mass is 79.9. The Morgan fingerprint density at radius 2 is 1.77 bits per heavy atom. The molecule has 1 aromatic heterocycles. The second-order valence-electron chi connectivity index (χ2n) is 7.49. The fourth-order valence-electron chi connectivity index (χ4n) is 3.66. The molecule has 4 nitrogen and oxygen atoms in total. The van der Waals surface area contributed by atoms with Crippen molar-refractivity contribution in [2.24, 2.45) is 4.99 Å². The predicted octanol–water partition coefficient (Wildman–Crippen LogP) is 6.50. The lowest BCUT2D eigenvalue weighted by molar-refractivity contribution is -0.115. The van der Waals surface area contributed by atoms with Crippen molar-refractivity contribution in [1.29, 1.82) is 0 Å². The minimum absolute atomic E-state index is 0.190. The number of carbonyl (C=O) groups excluding carboxylic acids is 1. The van der Waals surface area contributed by atoms with Crippen LogP contribution >= 0.6 is 27.7 Å². The van der Waals surface area contributed by atoms with Gasteiger partial charge in [-0.15, -0.1) is 0 Å². The topological polar surface area (TPSA) is 46.4 Å². The lowest BCUT2D eigenvalue weighted by Crippen LogP contribution is -2.19. The normalized spacial score (nSPS) is 16.4. The number of aryl methyl sites for hydroxylation is 3. The van der Waals surface area contributed by atoms with Gasteiger partial charge in [0.1, 0.15) is 5.82 Å². The Balaban J connectivity index is 1.66. The molecule has 1 aliphatic rings. The number of hydrogen-bond donors (Lipinski definition) is 1. The number of rotatable bonds is 3. The van der Waals surface area contributed by atoms with Crippen molar-refractivity contribution in [3.05, 3.63) is 85.7 Å². The second kappa shape index (κ2) is 8.48. The Bertz CT molecular complexity index is 1250. The van der Waals surface area contributed by atoms with Gasteiger partial charge in [-0.25, -0.2) is 9.38 Å². The van der Waals surface area contributed by atoms with Crippen LogP contribution in [0, 0.1) is 33.5 Å². The number of thioether (sulfide) groups is 1. The molecule has 31 heavy (non-hydrogen) atoms. The number of nitrogens with one attached hydrogen (secondary N) is 1. The first-order valence-corrected chi connectivity index (χ1v) is 11.4. The van der Waals surface area contributed by atoms with Gasteiger partial charge in [0.05, 0.1) is 16.3 Å². The van der Waals surface area contributed by atoms with Crippen LogP contribution in [0.15, 0.2) is 56.8 Å². The smallest absolute Gasteiger partial charge is 0.264 e. The first-order valence-electron chi connectivity index (χ1n) is 9.75. The summed E-state index contributed by atoms with van der Waals surface area (Å²) in [4.78, 5) is 17.7. The fraction of sp³-hybridized carbons (Fsp3) is 0.167. The molecule has 4 rings (SSSR count). The van der Waals surface area contributed by atoms with Crippen molar-refractivity contribution >= 4 is 50.5 Å². The molecule has 158 valence electrons. The highest BCUT2D eigenvalue weighted by molar-refractivity contribution is 9.10. The quantitative estimate of drug-likeness (QED) is 0.419. The summed E-state index contributed by atoms with van der Waals surface area (Å²) in [5.74, 6) is -0.476. The number of carbonyl (C=O) groups is 1. The van der Waals surface area contributed by atoms with Gasteiger partial charge in [-0.05, 0) is 92.6 Å². The summed E-state index contributed by atoms with van der Waals surface area (Å²) in [6, 6.07) is 12.6. The van der Waals surface area contributed by atoms with Gasteiger partial charge >= 0.3 is 0 Å². The number of halogens is 2. The number of aliphatic imine (C=N–C) groups is 1. The van der Waals surface area contributed by atoms with E-state index in [1.165, 1.54) is 17.8 Å². The number of hydrogen-bond acceptors (Lipinski definition) is 3. The van der Waals surface area contributed by atoms with Gasteiger partial charge in [-0.3, -0.25) is 4.79 Å². The van der Waals surface area contributed by atoms with Gasteiger partial charge in [-0.1, -0.05) is 28.1 Å². The minimum atomic E-state index is -0.286. The third-order valence-corrected chi connectivity index (χ3v) is 7.31. The summed E-state index contributed by atoms with van der Waals surface area (Å²) >= 11 is 4.86. The Hall–Kier alpha value is -2.64. The monoisotopic (exact) mass is 497 g/mol. The first kappa shape index (κ1) is 21.6. The van der Waals surface area contributed by atoms with E-state index in [0.29, 0.717) is 15.8 Å². The summed E-state index contributed by atoms with van der Waals surface area (Å²) in [5.41, 5.74) is 6.10. The molecule has 0 atom stereocenters. The number of benzene rings is 2. The third-order valence-electron chi connectivity index (χ3n) is 5.15. The number of aromatic nitrogens is 1. The van der Waals surface area contributed by atoms with E-state index in [1.807, 2.05) is 62.6 Å². The van der Waals surface area contributed by atoms with Crippen LogP contribution in [0.25, 0.3) is 11.8 Å². The Labute approximate surface area is 193 Å². The highest BCUT2D eigenvalue weighted by Gasteiger charge is 2.25. The van der Waals surface area contributed by atoms with Crippen molar-refractivity contribution in [1.82, 2.24) is 9.88 Å². The highest BCUT2D eigenvalue weighted by Crippen LogP contribution is 2.32. The molecule has 0 aliphatic carbocycles. The molecule has 1 saturated heterocycles. The first-order chi connectivity index (χ1) is 14.7. The van der Waals surface area contributed by atoms with E-state index in [9.17, 15) is 9.18 Å². The molecule has 0 spiro atoms. The third kappa shape index (κ3) is 4.25. The van der Waals surface area contributed by atoms with Crippen LogP contribution < -0.4 is 5.32 Å². The molecule has 0 saturated carbocycles. The van der Waals surface area contributed by atoms with Crippen LogP contribution in [0.3, 0.4) is 0 Å². The number of amides is 1. The van der Waals surface area contributed by atoms with E-state index in [2.05, 4.69) is 26.2 Å². The van der Waals surface area contributed by atoms with Gasteiger partial charge in [0.15, 0.2) is 5.17 Å². The van der Waals surface area contributed by atoms with Crippen molar-refractivity contribution in [2.75, 3.05) is 0 Å². The van der Waals surface area contributed by atoms with E-state index < -0.39 is 0 Å². The molecule has 3 aromatic rings. The summed E-state index contributed by atoms with van der Waals surface area (Å²) in [5, 5.41) is 3.38. The lowest BCUT2D eigenvalue weighted by atomic mass is 10.1. The Morgan fingerprint density at radius 3 is 2.45 bits per heavy atom. The molecule has 0 radical (unpaired) electrons. The molecule has 1 fully saturated rings. The summed E-state index contributed by atoms with van der Waals surface area (Å²) < 4.78 is 17.3. The predicted molar refractivity (Wildman–Crippen MR) is 130 cm³/mol. The van der Waals surface area contributed by atoms with Crippen LogP contribution in [0.2, 0.25) is 0 Å². The zero-order valence-corrected chi connectivity index (χ0v) is 20.0. The molecule has 1 aliphatic heterocycles. The fourth-order valence-corrected chi connectivity index (χ4v) is 4.73. The largest absolute Gasteiger partial charge is 0.315 e. The maximum Gasteiger partial charge on any atom is 0.264 e. The lowest BCUT2D eigenvalue weighted by Gasteiger charge is -2.10. The maximum absolute atomic E-state index is 14.3. The van der Waals surface area contributed by atoms with E-state index in [1.54, 1.807) is 12.1 Å². The van der Waals surface area contributed by atoms with Gasteiger partial charge in [0, 0.05) is 15.9 Å². The second-order valence-corrected chi connectivity index (χ2v) is 9.31. The van der Waals surface area contributed by atoms with Gasteiger partial charge in [0.2, 0.25) is 0 Å². The standard InChI is InChI=1S/C24H21BrFN3OS/c1-13-9-18(10-14(2)22(13)25)27-24-28-23(30)21(31-24)12-17-11-15(3)29(16(17)4)20-8-6-5-7-19(20)26/h5-12H,1-4H3,(H,27,28,30)/b21-12-. The SMILES string of the molecule is Cc1cc(N=C2NC(=O)/C(=C/c3cc(C)n(-c4ccccc4F)c3C)S2)cc(C)c1Br. The molecule has 7 heteroatoms. The van der Waals surface area contributed by atoms with Crippen LogP contribution in [0.4, 0.5) is 10.1 Å². The van der Waals surface area contributed by atoms with E-state index >= 15 is 0 Å². The van der Waals surface area contributed by atoms with Crippen LogP contribution in [0.5, 0.6) is 0 Å². The summed E-state index contributed by atoms with van der Waals surface area (Å²) in [7, 11) is 0.